The van der Waals surface area contributed by atoms with Crippen LogP contribution >= 0.6 is 0 Å². The van der Waals surface area contributed by atoms with Crippen LogP contribution in [0.5, 0.6) is 5.75 Å². The number of hydrogen-bond acceptors (Lipinski definition) is 5. The Kier molecular flexibility index (Phi) is 6.52. The predicted octanol–water partition coefficient (Wildman–Crippen LogP) is 0.959. The Morgan fingerprint density at radius 3 is 2.27 bits per heavy atom. The molecule has 2 fully saturated rings. The van der Waals surface area contributed by atoms with Crippen molar-refractivity contribution in [1.29, 1.82) is 0 Å². The van der Waals surface area contributed by atoms with E-state index in [4.69, 9.17) is 4.74 Å². The molecule has 0 radical (unpaired) electrons. The lowest BCUT2D eigenvalue weighted by atomic mass is 10.1. The van der Waals surface area contributed by atoms with Crippen LogP contribution in [-0.2, 0) is 14.4 Å². The SMILES string of the molecule is O=C(CN1CCN(C(=O)CN2C(=O)CCOc3ccccc32)CC1)N1CCCCC1. The van der Waals surface area contributed by atoms with E-state index in [1.165, 1.54) is 11.3 Å². The van der Waals surface area contributed by atoms with Gasteiger partial charge in [0, 0.05) is 39.3 Å². The van der Waals surface area contributed by atoms with Crippen LogP contribution in [0.2, 0.25) is 0 Å². The summed E-state index contributed by atoms with van der Waals surface area (Å²) in [6.45, 7) is 5.02. The largest absolute Gasteiger partial charge is 0.491 e. The van der Waals surface area contributed by atoms with E-state index in [0.29, 0.717) is 50.8 Å². The van der Waals surface area contributed by atoms with Gasteiger partial charge in [0.15, 0.2) is 0 Å². The maximum absolute atomic E-state index is 12.9. The van der Waals surface area contributed by atoms with E-state index in [2.05, 4.69) is 4.90 Å². The highest BCUT2D eigenvalue weighted by molar-refractivity contribution is 6.00. The van der Waals surface area contributed by atoms with Gasteiger partial charge in [0.25, 0.3) is 0 Å². The third kappa shape index (κ3) is 4.75. The van der Waals surface area contributed by atoms with Crippen molar-refractivity contribution >= 4 is 23.4 Å². The molecule has 0 spiro atoms. The number of para-hydroxylation sites is 2. The lowest BCUT2D eigenvalue weighted by Gasteiger charge is -2.36. The fraction of sp³-hybridized carbons (Fsp3) is 0.591. The van der Waals surface area contributed by atoms with Crippen molar-refractivity contribution in [1.82, 2.24) is 14.7 Å². The van der Waals surface area contributed by atoms with Gasteiger partial charge < -0.3 is 14.5 Å². The maximum atomic E-state index is 12.9. The molecule has 30 heavy (non-hydrogen) atoms. The minimum Gasteiger partial charge on any atom is -0.491 e. The fourth-order valence-corrected chi connectivity index (χ4v) is 4.32. The fourth-order valence-electron chi connectivity index (χ4n) is 4.32. The molecule has 0 atom stereocenters. The summed E-state index contributed by atoms with van der Waals surface area (Å²) >= 11 is 0. The summed E-state index contributed by atoms with van der Waals surface area (Å²) in [7, 11) is 0. The number of carbonyl (C=O) groups is 3. The van der Waals surface area contributed by atoms with Crippen LogP contribution in [-0.4, -0.2) is 91.4 Å². The highest BCUT2D eigenvalue weighted by Crippen LogP contribution is 2.30. The second-order valence-electron chi connectivity index (χ2n) is 8.14. The number of likely N-dealkylation sites (tertiary alicyclic amines) is 1. The van der Waals surface area contributed by atoms with Crippen LogP contribution in [0.4, 0.5) is 5.69 Å². The number of hydrogen-bond donors (Lipinski definition) is 0. The third-order valence-corrected chi connectivity index (χ3v) is 6.12. The van der Waals surface area contributed by atoms with Gasteiger partial charge in [-0.15, -0.1) is 0 Å². The van der Waals surface area contributed by atoms with Crippen molar-refractivity contribution in [3.05, 3.63) is 24.3 Å². The maximum Gasteiger partial charge on any atom is 0.242 e. The first kappa shape index (κ1) is 20.7. The Bertz CT molecular complexity index is 785. The molecule has 2 saturated heterocycles. The van der Waals surface area contributed by atoms with Gasteiger partial charge in [-0.2, -0.15) is 0 Å². The number of ether oxygens (including phenoxy) is 1. The van der Waals surface area contributed by atoms with E-state index in [9.17, 15) is 14.4 Å². The van der Waals surface area contributed by atoms with Crippen LogP contribution in [0.3, 0.4) is 0 Å². The van der Waals surface area contributed by atoms with Gasteiger partial charge in [0.1, 0.15) is 12.3 Å². The van der Waals surface area contributed by atoms with Crippen molar-refractivity contribution < 1.29 is 19.1 Å². The molecule has 0 unspecified atom stereocenters. The quantitative estimate of drug-likeness (QED) is 0.734. The Morgan fingerprint density at radius 2 is 1.50 bits per heavy atom. The molecule has 1 aromatic rings. The number of anilines is 1. The molecule has 1 aromatic carbocycles. The molecule has 0 aliphatic carbocycles. The number of benzene rings is 1. The number of piperidine rings is 1. The van der Waals surface area contributed by atoms with Crippen molar-refractivity contribution in [3.8, 4) is 5.75 Å². The number of fused-ring (bicyclic) bond motifs is 1. The molecule has 0 saturated carbocycles. The molecule has 4 rings (SSSR count). The molecule has 3 heterocycles. The number of amides is 3. The molecular formula is C22H30N4O4. The van der Waals surface area contributed by atoms with Gasteiger partial charge in [-0.25, -0.2) is 0 Å². The van der Waals surface area contributed by atoms with Crippen LogP contribution in [0.15, 0.2) is 24.3 Å². The first-order valence-corrected chi connectivity index (χ1v) is 10.9. The van der Waals surface area contributed by atoms with Gasteiger partial charge in [0.05, 0.1) is 25.3 Å². The second-order valence-corrected chi connectivity index (χ2v) is 8.14. The molecule has 0 aromatic heterocycles. The summed E-state index contributed by atoms with van der Waals surface area (Å²) in [6, 6.07) is 7.34. The van der Waals surface area contributed by atoms with E-state index >= 15 is 0 Å². The average molecular weight is 415 g/mol. The topological polar surface area (TPSA) is 73.4 Å². The zero-order valence-electron chi connectivity index (χ0n) is 17.4. The second kappa shape index (κ2) is 9.47. The molecule has 3 aliphatic rings. The first-order valence-electron chi connectivity index (χ1n) is 10.9. The number of rotatable bonds is 4. The van der Waals surface area contributed by atoms with Gasteiger partial charge in [0.2, 0.25) is 17.7 Å². The van der Waals surface area contributed by atoms with E-state index < -0.39 is 0 Å². The standard InChI is InChI=1S/C22H30N4O4/c27-20-8-15-30-19-7-3-2-6-18(19)26(20)17-22(29)25-13-11-23(12-14-25)16-21(28)24-9-4-1-5-10-24/h2-3,6-7H,1,4-5,8-17H2. The van der Waals surface area contributed by atoms with E-state index in [-0.39, 0.29) is 30.7 Å². The van der Waals surface area contributed by atoms with Gasteiger partial charge in [-0.3, -0.25) is 24.2 Å². The van der Waals surface area contributed by atoms with Gasteiger partial charge in [-0.1, -0.05) is 12.1 Å². The number of nitrogens with zero attached hydrogens (tertiary/aromatic N) is 4. The molecule has 0 bridgehead atoms. The summed E-state index contributed by atoms with van der Waals surface area (Å²) in [5, 5.41) is 0. The Hall–Kier alpha value is -2.61. The Balaban J connectivity index is 1.30. The van der Waals surface area contributed by atoms with Gasteiger partial charge in [-0.05, 0) is 31.4 Å². The van der Waals surface area contributed by atoms with Crippen LogP contribution in [0.1, 0.15) is 25.7 Å². The lowest BCUT2D eigenvalue weighted by Crippen LogP contribution is -2.54. The van der Waals surface area contributed by atoms with Gasteiger partial charge >= 0.3 is 0 Å². The van der Waals surface area contributed by atoms with E-state index in [0.717, 1.165) is 25.9 Å². The van der Waals surface area contributed by atoms with Crippen molar-refractivity contribution in [3.63, 3.8) is 0 Å². The molecule has 8 nitrogen and oxygen atoms in total. The molecule has 0 N–H and O–H groups in total. The van der Waals surface area contributed by atoms with Crippen molar-refractivity contribution in [2.45, 2.75) is 25.7 Å². The highest BCUT2D eigenvalue weighted by atomic mass is 16.5. The average Bonchev–Trinajstić information content (AvgIpc) is 2.93. The van der Waals surface area contributed by atoms with Crippen LogP contribution in [0.25, 0.3) is 0 Å². The summed E-state index contributed by atoms with van der Waals surface area (Å²) in [5.41, 5.74) is 0.652. The van der Waals surface area contributed by atoms with E-state index in [1.807, 2.05) is 29.2 Å². The highest BCUT2D eigenvalue weighted by Gasteiger charge is 2.29. The monoisotopic (exact) mass is 414 g/mol. The van der Waals surface area contributed by atoms with E-state index in [1.54, 1.807) is 4.90 Å². The predicted molar refractivity (Wildman–Crippen MR) is 112 cm³/mol. The van der Waals surface area contributed by atoms with Crippen LogP contribution < -0.4 is 9.64 Å². The zero-order chi connectivity index (χ0) is 20.9. The molecule has 3 amide bonds. The summed E-state index contributed by atoms with van der Waals surface area (Å²) in [6.07, 6.45) is 3.66. The number of piperazine rings is 1. The minimum absolute atomic E-state index is 0.0198. The molecule has 3 aliphatic heterocycles. The minimum atomic E-state index is -0.0981. The normalized spacial score (nSPS) is 20.4. The van der Waals surface area contributed by atoms with Crippen molar-refractivity contribution in [2.24, 2.45) is 0 Å². The zero-order valence-corrected chi connectivity index (χ0v) is 17.4. The van der Waals surface area contributed by atoms with Crippen molar-refractivity contribution in [2.75, 3.05) is 63.9 Å². The Morgan fingerprint density at radius 1 is 0.833 bits per heavy atom. The molecule has 8 heteroatoms. The molecular weight excluding hydrogens is 384 g/mol. The molecule has 162 valence electrons. The number of carbonyl (C=O) groups excluding carboxylic acids is 3. The Labute approximate surface area is 177 Å². The smallest absolute Gasteiger partial charge is 0.242 e. The lowest BCUT2D eigenvalue weighted by molar-refractivity contribution is -0.135. The third-order valence-electron chi connectivity index (χ3n) is 6.12. The summed E-state index contributed by atoms with van der Waals surface area (Å²) < 4.78 is 5.65. The summed E-state index contributed by atoms with van der Waals surface area (Å²) in [4.78, 5) is 45.4. The van der Waals surface area contributed by atoms with Crippen LogP contribution in [0, 0.1) is 0 Å². The first-order chi connectivity index (χ1) is 14.6. The summed E-state index contributed by atoms with van der Waals surface area (Å²) in [5.74, 6) is 0.666.